The van der Waals surface area contributed by atoms with E-state index in [0.29, 0.717) is 12.4 Å². The van der Waals surface area contributed by atoms with Crippen LogP contribution in [0.4, 0.5) is 5.82 Å². The lowest BCUT2D eigenvalue weighted by Gasteiger charge is -2.26. The fraction of sp³-hybridized carbons (Fsp3) is 0.389. The lowest BCUT2D eigenvalue weighted by Crippen LogP contribution is -2.38. The highest BCUT2D eigenvalue weighted by Gasteiger charge is 2.22. The molecule has 4 heterocycles. The zero-order valence-corrected chi connectivity index (χ0v) is 28.6. The van der Waals surface area contributed by atoms with Gasteiger partial charge in [0.05, 0.1) is 31.0 Å². The van der Waals surface area contributed by atoms with E-state index in [9.17, 15) is 4.79 Å². The molecule has 10 nitrogen and oxygen atoms in total. The minimum absolute atomic E-state index is 0.102. The third-order valence-corrected chi connectivity index (χ3v) is 9.03. The number of hydrogen-bond acceptors (Lipinski definition) is 8. The van der Waals surface area contributed by atoms with Crippen molar-refractivity contribution in [3.05, 3.63) is 90.0 Å². The number of nitrogens with one attached hydrogen (secondary N) is 1. The molecule has 1 aliphatic heterocycles. The molecule has 5 aromatic rings. The lowest BCUT2D eigenvalue weighted by atomic mass is 9.92. The predicted molar refractivity (Wildman–Crippen MR) is 185 cm³/mol. The number of rotatable bonds is 11. The Morgan fingerprint density at radius 2 is 1.70 bits per heavy atom. The second kappa shape index (κ2) is 14.3. The van der Waals surface area contributed by atoms with E-state index in [2.05, 4.69) is 83.8 Å². The average Bonchev–Trinajstić information content (AvgIpc) is 3.68. The summed E-state index contributed by atoms with van der Waals surface area (Å²) >= 11 is 1.67. The van der Waals surface area contributed by atoms with Gasteiger partial charge in [0.15, 0.2) is 5.65 Å². The number of aromatic nitrogens is 5. The second-order valence-electron chi connectivity index (χ2n) is 13.1. The number of fused-ring (bicyclic) bond motifs is 1. The minimum atomic E-state index is -0.184. The molecule has 3 aromatic heterocycles. The molecule has 2 aromatic carbocycles. The van der Waals surface area contributed by atoms with E-state index in [1.165, 1.54) is 0 Å². The molecule has 11 heteroatoms. The Morgan fingerprint density at radius 1 is 0.979 bits per heavy atom. The number of carbonyl (C=O) groups is 1. The van der Waals surface area contributed by atoms with Gasteiger partial charge in [0.25, 0.3) is 0 Å². The van der Waals surface area contributed by atoms with Crippen molar-refractivity contribution >= 4 is 29.1 Å². The van der Waals surface area contributed by atoms with Crippen molar-refractivity contribution < 1.29 is 14.3 Å². The van der Waals surface area contributed by atoms with E-state index in [1.54, 1.807) is 16.4 Å². The van der Waals surface area contributed by atoms with Crippen molar-refractivity contribution in [2.45, 2.75) is 62.2 Å². The van der Waals surface area contributed by atoms with Crippen LogP contribution in [-0.2, 0) is 21.4 Å². The fourth-order valence-electron chi connectivity index (χ4n) is 5.36. The highest BCUT2D eigenvalue weighted by Crippen LogP contribution is 2.30. The highest BCUT2D eigenvalue weighted by molar-refractivity contribution is 7.99. The van der Waals surface area contributed by atoms with Crippen molar-refractivity contribution in [1.29, 1.82) is 0 Å². The lowest BCUT2D eigenvalue weighted by molar-refractivity contribution is -0.115. The van der Waals surface area contributed by atoms with Gasteiger partial charge in [-0.3, -0.25) is 14.1 Å². The molecule has 0 spiro atoms. The SMILES string of the molecule is CC(C)c1nnc2ccc(Sc3ccc(CC(=O)Nc4cc(C(C)(C)C)nn4-c4ccc(OCCN5CCOCC5)cc4)cc3)cn12. The first-order valence-corrected chi connectivity index (χ1v) is 17.0. The molecule has 1 N–H and O–H groups in total. The van der Waals surface area contributed by atoms with Crippen LogP contribution in [0.5, 0.6) is 5.75 Å². The van der Waals surface area contributed by atoms with Gasteiger partial charge in [0.1, 0.15) is 24.0 Å². The Bertz CT molecular complexity index is 1800. The summed E-state index contributed by atoms with van der Waals surface area (Å²) in [5, 5.41) is 16.6. The molecule has 1 amide bonds. The van der Waals surface area contributed by atoms with Crippen molar-refractivity contribution in [2.24, 2.45) is 0 Å². The third-order valence-electron chi connectivity index (χ3n) is 8.05. The molecule has 47 heavy (non-hydrogen) atoms. The molecular formula is C36H43N7O3S. The van der Waals surface area contributed by atoms with Crippen LogP contribution in [0, 0.1) is 0 Å². The number of nitrogens with zero attached hydrogens (tertiary/aromatic N) is 6. The summed E-state index contributed by atoms with van der Waals surface area (Å²) in [6.07, 6.45) is 2.33. The van der Waals surface area contributed by atoms with E-state index < -0.39 is 0 Å². The molecule has 1 saturated heterocycles. The third kappa shape index (κ3) is 8.22. The first kappa shape index (κ1) is 32.7. The topological polar surface area (TPSA) is 98.8 Å². The van der Waals surface area contributed by atoms with Crippen LogP contribution in [0.15, 0.2) is 82.7 Å². The van der Waals surface area contributed by atoms with Gasteiger partial charge in [0.2, 0.25) is 5.91 Å². The van der Waals surface area contributed by atoms with E-state index >= 15 is 0 Å². The molecule has 0 atom stereocenters. The number of morpholine rings is 1. The van der Waals surface area contributed by atoms with E-state index in [1.807, 2.05) is 48.5 Å². The number of carbonyl (C=O) groups excluding carboxylic acids is 1. The largest absolute Gasteiger partial charge is 0.492 e. The monoisotopic (exact) mass is 653 g/mol. The first-order valence-electron chi connectivity index (χ1n) is 16.2. The van der Waals surface area contributed by atoms with Gasteiger partial charge in [-0.2, -0.15) is 5.10 Å². The molecule has 246 valence electrons. The Kier molecular flexibility index (Phi) is 9.95. The smallest absolute Gasteiger partial charge is 0.229 e. The van der Waals surface area contributed by atoms with Crippen LogP contribution in [0.3, 0.4) is 0 Å². The minimum Gasteiger partial charge on any atom is -0.492 e. The van der Waals surface area contributed by atoms with Gasteiger partial charge in [-0.1, -0.05) is 58.5 Å². The summed E-state index contributed by atoms with van der Waals surface area (Å²) < 4.78 is 15.3. The van der Waals surface area contributed by atoms with Crippen LogP contribution >= 0.6 is 11.8 Å². The van der Waals surface area contributed by atoms with Crippen LogP contribution < -0.4 is 10.1 Å². The molecule has 1 aliphatic rings. The van der Waals surface area contributed by atoms with Gasteiger partial charge in [-0.25, -0.2) is 4.68 Å². The van der Waals surface area contributed by atoms with Gasteiger partial charge in [-0.05, 0) is 54.1 Å². The number of hydrogen-bond donors (Lipinski definition) is 1. The van der Waals surface area contributed by atoms with Crippen molar-refractivity contribution in [2.75, 3.05) is 44.8 Å². The van der Waals surface area contributed by atoms with E-state index in [0.717, 1.165) is 76.8 Å². The Labute approximate surface area is 280 Å². The maximum absolute atomic E-state index is 13.3. The van der Waals surface area contributed by atoms with Crippen LogP contribution in [0.25, 0.3) is 11.3 Å². The summed E-state index contributed by atoms with van der Waals surface area (Å²) in [5.41, 5.74) is 3.34. The zero-order valence-electron chi connectivity index (χ0n) is 27.8. The highest BCUT2D eigenvalue weighted by atomic mass is 32.2. The van der Waals surface area contributed by atoms with Crippen LogP contribution in [0.2, 0.25) is 0 Å². The normalized spacial score (nSPS) is 14.2. The summed E-state index contributed by atoms with van der Waals surface area (Å²) in [7, 11) is 0. The first-order chi connectivity index (χ1) is 22.6. The molecule has 0 bridgehead atoms. The van der Waals surface area contributed by atoms with Crippen molar-refractivity contribution in [3.63, 3.8) is 0 Å². The average molecular weight is 654 g/mol. The fourth-order valence-corrected chi connectivity index (χ4v) is 6.20. The summed E-state index contributed by atoms with van der Waals surface area (Å²) in [5.74, 6) is 2.57. The van der Waals surface area contributed by atoms with Crippen molar-refractivity contribution in [1.82, 2.24) is 29.3 Å². The van der Waals surface area contributed by atoms with Crippen molar-refractivity contribution in [3.8, 4) is 11.4 Å². The molecule has 0 aliphatic carbocycles. The predicted octanol–water partition coefficient (Wildman–Crippen LogP) is 6.38. The number of pyridine rings is 1. The van der Waals surface area contributed by atoms with E-state index in [4.69, 9.17) is 14.6 Å². The maximum atomic E-state index is 13.3. The molecule has 6 rings (SSSR count). The Hall–Kier alpha value is -4.19. The van der Waals surface area contributed by atoms with Gasteiger partial charge in [-0.15, -0.1) is 10.2 Å². The second-order valence-corrected chi connectivity index (χ2v) is 14.3. The quantitative estimate of drug-likeness (QED) is 0.175. The Balaban J connectivity index is 1.09. The number of amides is 1. The standard InChI is InChI=1S/C36H43N7O3S/c1-25(2)35-39-38-32-15-14-30(24-42(32)35)47-29-12-6-26(7-13-29)22-34(44)37-33-23-31(36(3,4)5)40-43(33)27-8-10-28(11-9-27)46-21-18-41-16-19-45-20-17-41/h6-15,23-25H,16-22H2,1-5H3,(H,37,44). The summed E-state index contributed by atoms with van der Waals surface area (Å²) in [6.45, 7) is 15.5. The number of anilines is 1. The number of ether oxygens (including phenoxy) is 2. The van der Waals surface area contributed by atoms with Gasteiger partial charge >= 0.3 is 0 Å². The number of benzene rings is 2. The molecule has 1 fully saturated rings. The molecule has 0 radical (unpaired) electrons. The van der Waals surface area contributed by atoms with Crippen LogP contribution in [0.1, 0.15) is 57.6 Å². The van der Waals surface area contributed by atoms with Gasteiger partial charge < -0.3 is 14.8 Å². The van der Waals surface area contributed by atoms with Crippen LogP contribution in [-0.4, -0.2) is 74.6 Å². The summed E-state index contributed by atoms with van der Waals surface area (Å²) in [4.78, 5) is 17.8. The molecule has 0 saturated carbocycles. The summed E-state index contributed by atoms with van der Waals surface area (Å²) in [6, 6.07) is 22.0. The molecular weight excluding hydrogens is 611 g/mol. The molecule has 0 unspecified atom stereocenters. The zero-order chi connectivity index (χ0) is 33.0. The van der Waals surface area contributed by atoms with Gasteiger partial charge in [0, 0.05) is 53.0 Å². The Morgan fingerprint density at radius 3 is 2.40 bits per heavy atom. The maximum Gasteiger partial charge on any atom is 0.229 e. The van der Waals surface area contributed by atoms with E-state index in [-0.39, 0.29) is 23.7 Å².